The van der Waals surface area contributed by atoms with Crippen LogP contribution in [-0.2, 0) is 10.3 Å². The van der Waals surface area contributed by atoms with Gasteiger partial charge in [-0.3, -0.25) is 0 Å². The topological polar surface area (TPSA) is 107 Å². The Morgan fingerprint density at radius 1 is 1.33 bits per heavy atom. The molecule has 0 spiro atoms. The summed E-state index contributed by atoms with van der Waals surface area (Å²) in [6.07, 6.45) is 4.76. The third-order valence-corrected chi connectivity index (χ3v) is 6.39. The summed E-state index contributed by atoms with van der Waals surface area (Å²) in [6, 6.07) is 5.59. The molecule has 3 aromatic rings. The molecule has 172 valence electrons. The van der Waals surface area contributed by atoms with E-state index in [1.165, 1.54) is 17.5 Å². The molecule has 3 N–H and O–H groups in total. The van der Waals surface area contributed by atoms with Crippen molar-refractivity contribution < 1.29 is 14.6 Å². The maximum Gasteiger partial charge on any atom is 0.222 e. The first-order valence-corrected chi connectivity index (χ1v) is 11.6. The van der Waals surface area contributed by atoms with Gasteiger partial charge in [0.2, 0.25) is 5.95 Å². The zero-order valence-electron chi connectivity index (χ0n) is 18.3. The van der Waals surface area contributed by atoms with E-state index < -0.39 is 5.60 Å². The molecule has 0 aliphatic carbocycles. The molecule has 4 rings (SSSR count). The number of aliphatic hydroxyl groups is 1. The predicted octanol–water partition coefficient (Wildman–Crippen LogP) is 3.75. The average molecular weight is 486 g/mol. The first-order chi connectivity index (χ1) is 15.8. The fourth-order valence-corrected chi connectivity index (χ4v) is 4.23. The number of hydrogen-bond acceptors (Lipinski definition) is 9. The number of nitrogens with zero attached hydrogens (tertiary/aromatic N) is 4. The van der Waals surface area contributed by atoms with Gasteiger partial charge in [0, 0.05) is 37.0 Å². The zero-order chi connectivity index (χ0) is 23.4. The van der Waals surface area contributed by atoms with Crippen molar-refractivity contribution in [2.45, 2.75) is 31.5 Å². The fourth-order valence-electron chi connectivity index (χ4n) is 3.36. The van der Waals surface area contributed by atoms with Crippen LogP contribution in [0.5, 0.6) is 5.75 Å². The highest BCUT2D eigenvalue weighted by atomic mass is 35.5. The first kappa shape index (κ1) is 23.3. The summed E-state index contributed by atoms with van der Waals surface area (Å²) in [6.45, 7) is 2.96. The van der Waals surface area contributed by atoms with E-state index in [-0.39, 0.29) is 12.1 Å². The molecule has 2 aromatic heterocycles. The summed E-state index contributed by atoms with van der Waals surface area (Å²) >= 11 is 7.71. The van der Waals surface area contributed by atoms with Crippen molar-refractivity contribution in [1.29, 1.82) is 0 Å². The lowest BCUT2D eigenvalue weighted by Gasteiger charge is -2.27. The van der Waals surface area contributed by atoms with Crippen LogP contribution in [0.2, 0.25) is 5.02 Å². The van der Waals surface area contributed by atoms with Crippen LogP contribution in [0.1, 0.15) is 30.3 Å². The van der Waals surface area contributed by atoms with Crippen molar-refractivity contribution in [3.8, 4) is 17.6 Å². The number of hydrogen-bond donors (Lipinski definition) is 2. The fraction of sp³-hybridized carbons (Fsp3) is 0.348. The number of ether oxygens (including phenoxy) is 2. The average Bonchev–Trinajstić information content (AvgIpc) is 3.36. The van der Waals surface area contributed by atoms with E-state index in [2.05, 4.69) is 26.8 Å². The van der Waals surface area contributed by atoms with E-state index in [0.29, 0.717) is 46.1 Å². The van der Waals surface area contributed by atoms with Gasteiger partial charge in [0.1, 0.15) is 21.9 Å². The number of benzene rings is 1. The molecule has 1 atom stereocenters. The van der Waals surface area contributed by atoms with Gasteiger partial charge < -0.3 is 25.2 Å². The van der Waals surface area contributed by atoms with Crippen LogP contribution < -0.4 is 15.4 Å². The number of anilines is 3. The Morgan fingerprint density at radius 2 is 2.12 bits per heavy atom. The molecule has 1 aliphatic heterocycles. The Bertz CT molecular complexity index is 1170. The summed E-state index contributed by atoms with van der Waals surface area (Å²) in [4.78, 5) is 14.2. The van der Waals surface area contributed by atoms with Crippen LogP contribution in [0.3, 0.4) is 0 Å². The summed E-state index contributed by atoms with van der Waals surface area (Å²) < 4.78 is 11.8. The molecule has 0 radical (unpaired) electrons. The Kier molecular flexibility index (Phi) is 7.00. The number of nitrogens with two attached hydrogens (primary N) is 1. The minimum atomic E-state index is -1.36. The van der Waals surface area contributed by atoms with E-state index in [4.69, 9.17) is 26.8 Å². The van der Waals surface area contributed by atoms with Crippen molar-refractivity contribution >= 4 is 40.4 Å². The van der Waals surface area contributed by atoms with Gasteiger partial charge in [0.05, 0.1) is 25.1 Å². The van der Waals surface area contributed by atoms with Gasteiger partial charge in [0.15, 0.2) is 11.4 Å². The standard InChI is InChI=1S/C23H24ClN5O3S/c1-23(30,21-26-9-12-33-21)8-5-15-3-4-19(32-16-6-10-31-11-7-16)18(13-15)29(2)20-17(24)14-27-22(25)28-20/h3-4,9,12-14,16,30H,6-7,10-11H2,1-2H3,(H2,25,27,28). The van der Waals surface area contributed by atoms with Crippen molar-refractivity contribution in [3.63, 3.8) is 0 Å². The number of halogens is 1. The van der Waals surface area contributed by atoms with Crippen molar-refractivity contribution in [2.24, 2.45) is 0 Å². The van der Waals surface area contributed by atoms with E-state index in [0.717, 1.165) is 12.8 Å². The Labute approximate surface area is 201 Å². The maximum absolute atomic E-state index is 10.7. The molecule has 0 amide bonds. The third kappa shape index (κ3) is 5.54. The maximum atomic E-state index is 10.7. The third-order valence-electron chi connectivity index (χ3n) is 5.14. The number of aromatic nitrogens is 3. The molecule has 1 aromatic carbocycles. The Hall–Kier alpha value is -2.90. The van der Waals surface area contributed by atoms with Crippen LogP contribution in [0.15, 0.2) is 36.0 Å². The van der Waals surface area contributed by atoms with Crippen molar-refractivity contribution in [1.82, 2.24) is 15.0 Å². The summed E-state index contributed by atoms with van der Waals surface area (Å²) in [5, 5.41) is 13.4. The summed E-state index contributed by atoms with van der Waals surface area (Å²) in [7, 11) is 1.82. The molecule has 0 saturated carbocycles. The van der Waals surface area contributed by atoms with Gasteiger partial charge in [-0.25, -0.2) is 9.97 Å². The van der Waals surface area contributed by atoms with Crippen LogP contribution >= 0.6 is 22.9 Å². The van der Waals surface area contributed by atoms with E-state index in [1.807, 2.05) is 25.2 Å². The van der Waals surface area contributed by atoms with E-state index in [9.17, 15) is 5.11 Å². The minimum Gasteiger partial charge on any atom is -0.488 e. The molecule has 1 saturated heterocycles. The molecule has 10 heteroatoms. The normalized spacial score (nSPS) is 15.9. The Balaban J connectivity index is 1.71. The molecule has 8 nitrogen and oxygen atoms in total. The van der Waals surface area contributed by atoms with Gasteiger partial charge in [-0.1, -0.05) is 23.4 Å². The smallest absolute Gasteiger partial charge is 0.222 e. The monoisotopic (exact) mass is 485 g/mol. The van der Waals surface area contributed by atoms with Crippen LogP contribution in [0, 0.1) is 11.8 Å². The largest absolute Gasteiger partial charge is 0.488 e. The van der Waals surface area contributed by atoms with Gasteiger partial charge >= 0.3 is 0 Å². The first-order valence-electron chi connectivity index (χ1n) is 10.4. The molecule has 1 aliphatic rings. The predicted molar refractivity (Wildman–Crippen MR) is 129 cm³/mol. The van der Waals surface area contributed by atoms with E-state index in [1.54, 1.807) is 23.4 Å². The van der Waals surface area contributed by atoms with Crippen LogP contribution in [0.4, 0.5) is 17.5 Å². The number of rotatable bonds is 5. The van der Waals surface area contributed by atoms with E-state index >= 15 is 0 Å². The highest BCUT2D eigenvalue weighted by Crippen LogP contribution is 2.37. The van der Waals surface area contributed by atoms with Gasteiger partial charge in [-0.2, -0.15) is 4.98 Å². The molecule has 0 bridgehead atoms. The molecular weight excluding hydrogens is 462 g/mol. The summed E-state index contributed by atoms with van der Waals surface area (Å²) in [5.41, 5.74) is 5.83. The van der Waals surface area contributed by atoms with Crippen LogP contribution in [-0.4, -0.2) is 46.4 Å². The lowest BCUT2D eigenvalue weighted by atomic mass is 10.1. The molecule has 33 heavy (non-hydrogen) atoms. The molecule has 1 fully saturated rings. The molecule has 1 unspecified atom stereocenters. The van der Waals surface area contributed by atoms with Gasteiger partial charge in [0.25, 0.3) is 0 Å². The molecule has 3 heterocycles. The second-order valence-corrected chi connectivity index (χ2v) is 9.03. The van der Waals surface area contributed by atoms with Crippen molar-refractivity contribution in [3.05, 3.63) is 51.6 Å². The Morgan fingerprint density at radius 3 is 2.85 bits per heavy atom. The highest BCUT2D eigenvalue weighted by molar-refractivity contribution is 7.09. The lowest BCUT2D eigenvalue weighted by Crippen LogP contribution is -2.26. The van der Waals surface area contributed by atoms with Gasteiger partial charge in [-0.15, -0.1) is 11.3 Å². The quantitative estimate of drug-likeness (QED) is 0.526. The minimum absolute atomic E-state index is 0.0411. The zero-order valence-corrected chi connectivity index (χ0v) is 19.9. The highest BCUT2D eigenvalue weighted by Gasteiger charge is 2.24. The van der Waals surface area contributed by atoms with Crippen LogP contribution in [0.25, 0.3) is 0 Å². The second kappa shape index (κ2) is 9.93. The second-order valence-electron chi connectivity index (χ2n) is 7.73. The van der Waals surface area contributed by atoms with Crippen molar-refractivity contribution in [2.75, 3.05) is 30.9 Å². The number of thiazole rings is 1. The summed E-state index contributed by atoms with van der Waals surface area (Å²) in [5.74, 6) is 7.18. The van der Waals surface area contributed by atoms with Gasteiger partial charge in [-0.05, 0) is 25.1 Å². The SMILES string of the molecule is CN(c1cc(C#CC(C)(O)c2nccs2)ccc1OC1CCOCC1)c1nc(N)ncc1Cl. The number of nitrogen functional groups attached to an aromatic ring is 1. The lowest BCUT2D eigenvalue weighted by molar-refractivity contribution is 0.0258. The molecular formula is C23H24ClN5O3S.